The van der Waals surface area contributed by atoms with Gasteiger partial charge in [0.2, 0.25) is 0 Å². The van der Waals surface area contributed by atoms with E-state index in [0.29, 0.717) is 12.0 Å². The molecule has 2 rings (SSSR count). The zero-order valence-electron chi connectivity index (χ0n) is 8.45. The Morgan fingerprint density at radius 2 is 2.21 bits per heavy atom. The summed E-state index contributed by atoms with van der Waals surface area (Å²) in [6.45, 7) is 3.79. The first kappa shape index (κ1) is 9.47. The number of hydrogen-bond donors (Lipinski definition) is 1. The predicted molar refractivity (Wildman–Crippen MR) is 61.1 cm³/mol. The van der Waals surface area contributed by atoms with Crippen molar-refractivity contribution in [2.24, 2.45) is 5.73 Å². The van der Waals surface area contributed by atoms with Crippen LogP contribution in [-0.4, -0.2) is 6.04 Å². The Morgan fingerprint density at radius 1 is 1.36 bits per heavy atom. The van der Waals surface area contributed by atoms with Crippen LogP contribution in [0.15, 0.2) is 30.8 Å². The molecule has 0 amide bonds. The van der Waals surface area contributed by atoms with Gasteiger partial charge in [-0.05, 0) is 36.3 Å². The second-order valence-corrected chi connectivity index (χ2v) is 4.14. The van der Waals surface area contributed by atoms with Gasteiger partial charge in [0, 0.05) is 6.04 Å². The third-order valence-corrected chi connectivity index (χ3v) is 3.09. The highest BCUT2D eigenvalue weighted by molar-refractivity contribution is 5.48. The van der Waals surface area contributed by atoms with E-state index in [9.17, 15) is 0 Å². The fourth-order valence-corrected chi connectivity index (χ4v) is 2.26. The van der Waals surface area contributed by atoms with Crippen molar-refractivity contribution in [1.82, 2.24) is 0 Å². The molecule has 0 aromatic heterocycles. The first-order valence-corrected chi connectivity index (χ1v) is 5.27. The monoisotopic (exact) mass is 187 g/mol. The van der Waals surface area contributed by atoms with E-state index in [2.05, 4.69) is 30.8 Å². The molecule has 2 atom stereocenters. The molecule has 1 heteroatoms. The topological polar surface area (TPSA) is 26.0 Å². The van der Waals surface area contributed by atoms with Crippen LogP contribution in [0, 0.1) is 0 Å². The van der Waals surface area contributed by atoms with Crippen LogP contribution < -0.4 is 5.73 Å². The first-order valence-electron chi connectivity index (χ1n) is 5.27. The van der Waals surface area contributed by atoms with Gasteiger partial charge in [-0.2, -0.15) is 0 Å². The summed E-state index contributed by atoms with van der Waals surface area (Å²) in [5.74, 6) is 0.671. The van der Waals surface area contributed by atoms with E-state index in [0.717, 1.165) is 6.42 Å². The lowest BCUT2D eigenvalue weighted by molar-refractivity contribution is 0.674. The van der Waals surface area contributed by atoms with Crippen LogP contribution in [0.1, 0.15) is 36.3 Å². The minimum Gasteiger partial charge on any atom is -0.328 e. The lowest BCUT2D eigenvalue weighted by atomic mass is 9.96. The van der Waals surface area contributed by atoms with Gasteiger partial charge in [-0.3, -0.25) is 0 Å². The van der Waals surface area contributed by atoms with Crippen LogP contribution in [0.5, 0.6) is 0 Å². The third-order valence-electron chi connectivity index (χ3n) is 3.09. The molecule has 0 spiro atoms. The molecule has 14 heavy (non-hydrogen) atoms. The summed E-state index contributed by atoms with van der Waals surface area (Å²) in [6.07, 6.45) is 5.45. The van der Waals surface area contributed by atoms with Crippen LogP contribution in [0.2, 0.25) is 0 Å². The fourth-order valence-electron chi connectivity index (χ4n) is 2.26. The number of benzene rings is 1. The normalized spacial score (nSPS) is 26.4. The molecule has 0 unspecified atom stereocenters. The minimum absolute atomic E-state index is 0.410. The molecule has 74 valence electrons. The van der Waals surface area contributed by atoms with E-state index in [1.807, 2.05) is 6.08 Å². The van der Waals surface area contributed by atoms with E-state index < -0.39 is 0 Å². The summed E-state index contributed by atoms with van der Waals surface area (Å²) >= 11 is 0. The third kappa shape index (κ3) is 1.88. The van der Waals surface area contributed by atoms with Crippen LogP contribution in [-0.2, 0) is 0 Å². The second kappa shape index (κ2) is 3.97. The van der Waals surface area contributed by atoms with E-state index in [1.165, 1.54) is 24.0 Å². The number of nitrogens with two attached hydrogens (primary N) is 1. The Morgan fingerprint density at radius 3 is 2.86 bits per heavy atom. The van der Waals surface area contributed by atoms with E-state index in [-0.39, 0.29) is 0 Å². The number of rotatable bonds is 2. The maximum atomic E-state index is 5.91. The van der Waals surface area contributed by atoms with E-state index >= 15 is 0 Å². The van der Waals surface area contributed by atoms with Crippen molar-refractivity contribution in [3.63, 3.8) is 0 Å². The average molecular weight is 187 g/mol. The van der Waals surface area contributed by atoms with Crippen LogP contribution >= 0.6 is 0 Å². The Labute approximate surface area is 85.6 Å². The molecule has 1 saturated carbocycles. The quantitative estimate of drug-likeness (QED) is 0.757. The Kier molecular flexibility index (Phi) is 2.69. The van der Waals surface area contributed by atoms with Gasteiger partial charge >= 0.3 is 0 Å². The SMILES string of the molecule is C=Cc1cccc([C@@H]2CC[C@H](N)C2)c1. The van der Waals surface area contributed by atoms with Gasteiger partial charge in [0.1, 0.15) is 0 Å². The summed E-state index contributed by atoms with van der Waals surface area (Å²) in [4.78, 5) is 0. The van der Waals surface area contributed by atoms with Crippen molar-refractivity contribution >= 4 is 6.08 Å². The van der Waals surface area contributed by atoms with Gasteiger partial charge in [-0.1, -0.05) is 36.9 Å². The Bertz CT molecular complexity index is 330. The molecular formula is C13H17N. The second-order valence-electron chi connectivity index (χ2n) is 4.14. The molecule has 0 heterocycles. The standard InChI is InChI=1S/C13H17N/c1-2-10-4-3-5-11(8-10)12-6-7-13(14)9-12/h2-5,8,12-13H,1,6-7,9,14H2/t12-,13+/m1/s1. The molecule has 0 bridgehead atoms. The van der Waals surface area contributed by atoms with Crippen molar-refractivity contribution in [1.29, 1.82) is 0 Å². The van der Waals surface area contributed by atoms with Crippen LogP contribution in [0.3, 0.4) is 0 Å². The summed E-state index contributed by atoms with van der Waals surface area (Å²) < 4.78 is 0. The van der Waals surface area contributed by atoms with Crippen molar-refractivity contribution < 1.29 is 0 Å². The maximum absolute atomic E-state index is 5.91. The summed E-state index contributed by atoms with van der Waals surface area (Å²) in [5, 5.41) is 0. The van der Waals surface area contributed by atoms with Gasteiger partial charge < -0.3 is 5.73 Å². The molecule has 1 aliphatic carbocycles. The zero-order valence-corrected chi connectivity index (χ0v) is 8.45. The summed E-state index contributed by atoms with van der Waals surface area (Å²) in [6, 6.07) is 9.04. The smallest absolute Gasteiger partial charge is 0.00448 e. The molecule has 0 radical (unpaired) electrons. The minimum atomic E-state index is 0.410. The van der Waals surface area contributed by atoms with Gasteiger partial charge in [0.15, 0.2) is 0 Å². The van der Waals surface area contributed by atoms with Crippen molar-refractivity contribution in [2.45, 2.75) is 31.2 Å². The Balaban J connectivity index is 2.19. The zero-order chi connectivity index (χ0) is 9.97. The molecule has 0 aliphatic heterocycles. The van der Waals surface area contributed by atoms with Gasteiger partial charge in [0.25, 0.3) is 0 Å². The summed E-state index contributed by atoms with van der Waals surface area (Å²) in [5.41, 5.74) is 8.55. The van der Waals surface area contributed by atoms with Crippen molar-refractivity contribution in [2.75, 3.05) is 0 Å². The lowest BCUT2D eigenvalue weighted by Gasteiger charge is -2.10. The number of hydrogen-bond acceptors (Lipinski definition) is 1. The molecule has 0 saturated heterocycles. The summed E-state index contributed by atoms with van der Waals surface area (Å²) in [7, 11) is 0. The molecular weight excluding hydrogens is 170 g/mol. The molecule has 1 nitrogen and oxygen atoms in total. The average Bonchev–Trinajstić information content (AvgIpc) is 2.65. The largest absolute Gasteiger partial charge is 0.328 e. The molecule has 2 N–H and O–H groups in total. The van der Waals surface area contributed by atoms with Crippen LogP contribution in [0.4, 0.5) is 0 Å². The van der Waals surface area contributed by atoms with Gasteiger partial charge in [0.05, 0.1) is 0 Å². The van der Waals surface area contributed by atoms with Gasteiger partial charge in [-0.15, -0.1) is 0 Å². The van der Waals surface area contributed by atoms with Crippen LogP contribution in [0.25, 0.3) is 6.08 Å². The van der Waals surface area contributed by atoms with Crippen molar-refractivity contribution in [3.8, 4) is 0 Å². The fraction of sp³-hybridized carbons (Fsp3) is 0.385. The van der Waals surface area contributed by atoms with Gasteiger partial charge in [-0.25, -0.2) is 0 Å². The van der Waals surface area contributed by atoms with E-state index in [4.69, 9.17) is 5.73 Å². The first-order chi connectivity index (χ1) is 6.79. The molecule has 1 aromatic rings. The highest BCUT2D eigenvalue weighted by Gasteiger charge is 2.22. The van der Waals surface area contributed by atoms with Crippen molar-refractivity contribution in [3.05, 3.63) is 42.0 Å². The predicted octanol–water partition coefficient (Wildman–Crippen LogP) is 2.92. The van der Waals surface area contributed by atoms with E-state index in [1.54, 1.807) is 0 Å². The lowest BCUT2D eigenvalue weighted by Crippen LogP contribution is -2.14. The highest BCUT2D eigenvalue weighted by Crippen LogP contribution is 2.33. The molecule has 1 fully saturated rings. The molecule has 1 aliphatic rings. The Hall–Kier alpha value is -1.08. The highest BCUT2D eigenvalue weighted by atomic mass is 14.6. The molecule has 1 aromatic carbocycles. The maximum Gasteiger partial charge on any atom is 0.00448 e.